The minimum absolute atomic E-state index is 0. The Bertz CT molecular complexity index is 4070. The van der Waals surface area contributed by atoms with Crippen molar-refractivity contribution in [2.24, 2.45) is 31.7 Å². The van der Waals surface area contributed by atoms with Crippen LogP contribution in [0.5, 0.6) is 0 Å². The number of benzene rings is 5. The molecule has 0 spiro atoms. The molecule has 83 heavy (non-hydrogen) atoms. The van der Waals surface area contributed by atoms with Crippen LogP contribution in [0.3, 0.4) is 0 Å². The van der Waals surface area contributed by atoms with Crippen molar-refractivity contribution in [2.75, 3.05) is 5.43 Å². The monoisotopic (exact) mass is 1220 g/mol. The van der Waals surface area contributed by atoms with Crippen LogP contribution < -0.4 is 16.6 Å². The van der Waals surface area contributed by atoms with E-state index < -0.39 is 5.97 Å². The van der Waals surface area contributed by atoms with Crippen LogP contribution in [-0.4, -0.2) is 34.0 Å². The van der Waals surface area contributed by atoms with Crippen LogP contribution >= 0.6 is 55.2 Å². The molecule has 15 heteroatoms. The highest BCUT2D eigenvalue weighted by molar-refractivity contribution is 7.74. The summed E-state index contributed by atoms with van der Waals surface area (Å²) in [5.74, 6) is 4.90. The molecular formula is C68H80N6O3PS5+. The zero-order valence-corrected chi connectivity index (χ0v) is 55.3. The SMILES string of the molecule is C.C=C1N=c2cc3c(cc2C1(C)C)=[S+]C=C3.CC(=O)C(C)C.CC(=O)O.CC1=Nc2cc3ccsc3cc2C1(C)C.CC1=Nc2ccc3sccc3c2C1(C)C.CC1=Nc2ccc3sccc3c2C1(C)C.NNc1ccc2sccc2c1.P. The second-order valence-corrected chi connectivity index (χ2v) is 27.7. The first kappa shape index (κ1) is 65.9. The van der Waals surface area contributed by atoms with Gasteiger partial charge in [0, 0.05) is 99.5 Å². The third kappa shape index (κ3) is 13.8. The molecule has 0 saturated carbocycles. The van der Waals surface area contributed by atoms with Crippen LogP contribution in [0.1, 0.15) is 139 Å². The van der Waals surface area contributed by atoms with E-state index >= 15 is 0 Å². The second kappa shape index (κ2) is 26.4. The molecule has 5 aliphatic heterocycles. The average molecular weight is 1220 g/mol. The first-order valence-corrected chi connectivity index (χ1v) is 31.3. The Morgan fingerprint density at radius 1 is 0.590 bits per heavy atom. The average Bonchev–Trinajstić information content (AvgIpc) is 2.14. The lowest BCUT2D eigenvalue weighted by Gasteiger charge is -2.20. The molecule has 4 N–H and O–H groups in total. The topological polar surface area (TPSA) is 142 Å². The number of rotatable bonds is 2. The molecule has 14 rings (SSSR count). The number of Topliss-reactive ketones (excluding diaryl/α,β-unsaturated/α-hetero) is 1. The van der Waals surface area contributed by atoms with Crippen LogP contribution in [0, 0.1) is 10.4 Å². The molecule has 9 nitrogen and oxygen atoms in total. The summed E-state index contributed by atoms with van der Waals surface area (Å²) in [6, 6.07) is 32.3. The zero-order chi connectivity index (χ0) is 58.9. The van der Waals surface area contributed by atoms with Crippen molar-refractivity contribution >= 4 is 165 Å². The highest BCUT2D eigenvalue weighted by Crippen LogP contribution is 2.47. The number of aliphatic carboxylic acids is 1. The van der Waals surface area contributed by atoms with Gasteiger partial charge in [-0.2, -0.15) is 9.90 Å². The summed E-state index contributed by atoms with van der Waals surface area (Å²) in [6.45, 7) is 34.8. The van der Waals surface area contributed by atoms with E-state index in [1.54, 1.807) is 63.6 Å². The fourth-order valence-electron chi connectivity index (χ4n) is 9.76. The molecule has 0 aliphatic carbocycles. The fraction of sp³-hybridized carbons (Fsp3) is 0.309. The number of hydrazine groups is 1. The minimum atomic E-state index is -0.833. The summed E-state index contributed by atoms with van der Waals surface area (Å²) in [6.07, 6.45) is 2.14. The van der Waals surface area contributed by atoms with Crippen molar-refractivity contribution in [1.29, 1.82) is 0 Å². The number of carbonyl (C=O) groups excluding carboxylic acids is 1. The molecule has 1 atom stereocenters. The van der Waals surface area contributed by atoms with E-state index in [0.717, 1.165) is 40.7 Å². The standard InChI is InChI=1S/C13H13NS.C13H12NS.2C13H13NS.C8H8N2S.C5H10O.C2H4O2.CH4.H3P/c2*1-8-13(2,3)10-7-12-9(4-5-15-12)6-11(10)14-8;2*1-8-13(2,3)12-9-6-7-15-11(9)5-4-10(12)14-8;9-10-7-1-2-8-6(5-7)3-4-11-8;1-4(2)5(3)6;1-2(3)4;;/h4-7H,1-3H3;4-7H,1H2,2-3H3;2*4-7H,1-3H3;1-5,10H,9H2;4H,1-3H3;1H3,(H,3,4);1H4;1H3/q;+1;;;;;;;. The van der Waals surface area contributed by atoms with Gasteiger partial charge in [-0.25, -0.2) is 0 Å². The molecule has 9 heterocycles. The van der Waals surface area contributed by atoms with E-state index in [1.165, 1.54) is 89.8 Å². The number of carboxylic acid groups (broad SMARTS) is 1. The van der Waals surface area contributed by atoms with Crippen molar-refractivity contribution in [2.45, 2.75) is 133 Å². The van der Waals surface area contributed by atoms with E-state index in [1.807, 2.05) is 26.0 Å². The van der Waals surface area contributed by atoms with Gasteiger partial charge >= 0.3 is 0 Å². The number of ketones is 1. The molecule has 4 aromatic heterocycles. The van der Waals surface area contributed by atoms with Crippen LogP contribution in [0.2, 0.25) is 0 Å². The first-order chi connectivity index (χ1) is 38.2. The molecule has 5 aliphatic rings. The van der Waals surface area contributed by atoms with Gasteiger partial charge in [0.1, 0.15) is 5.78 Å². The van der Waals surface area contributed by atoms with E-state index in [-0.39, 0.29) is 50.7 Å². The number of thiophene rings is 4. The van der Waals surface area contributed by atoms with Gasteiger partial charge in [-0.15, -0.1) is 45.3 Å². The number of nitrogen functional groups attached to an aromatic ring is 1. The number of nitrogens with one attached hydrogen (secondary N) is 1. The number of allylic oxidation sites excluding steroid dienone is 1. The van der Waals surface area contributed by atoms with E-state index in [4.69, 9.17) is 15.7 Å². The van der Waals surface area contributed by atoms with Crippen LogP contribution in [0.4, 0.5) is 22.7 Å². The van der Waals surface area contributed by atoms with E-state index in [0.29, 0.717) is 0 Å². The summed E-state index contributed by atoms with van der Waals surface area (Å²) in [7, 11) is 0. The highest BCUT2D eigenvalue weighted by atomic mass is 32.1. The first-order valence-electron chi connectivity index (χ1n) is 26.9. The predicted molar refractivity (Wildman–Crippen MR) is 374 cm³/mol. The molecule has 434 valence electrons. The van der Waals surface area contributed by atoms with E-state index in [9.17, 15) is 4.79 Å². The maximum absolute atomic E-state index is 10.1. The van der Waals surface area contributed by atoms with E-state index in [2.05, 4.69) is 220 Å². The van der Waals surface area contributed by atoms with Gasteiger partial charge in [0.05, 0.1) is 22.4 Å². The molecule has 0 saturated heterocycles. The highest BCUT2D eigenvalue weighted by Gasteiger charge is 2.36. The number of carbonyl (C=O) groups is 2. The number of aliphatic imine (C=N–C) groups is 3. The second-order valence-electron chi connectivity index (χ2n) is 23.0. The van der Waals surface area contributed by atoms with Crippen LogP contribution in [0.15, 0.2) is 150 Å². The number of hydrogen-bond donors (Lipinski definition) is 3. The quantitative estimate of drug-likeness (QED) is 0.0520. The summed E-state index contributed by atoms with van der Waals surface area (Å²) >= 11 is 8.94. The van der Waals surface area contributed by atoms with Gasteiger partial charge in [0.25, 0.3) is 5.97 Å². The molecule has 1 unspecified atom stereocenters. The van der Waals surface area contributed by atoms with Gasteiger partial charge < -0.3 is 10.5 Å². The Morgan fingerprint density at radius 3 is 1.57 bits per heavy atom. The van der Waals surface area contributed by atoms with Gasteiger partial charge in [0.15, 0.2) is 5.41 Å². The van der Waals surface area contributed by atoms with Crippen molar-refractivity contribution in [3.05, 3.63) is 168 Å². The largest absolute Gasteiger partial charge is 0.481 e. The molecular weight excluding hydrogens is 1140 g/mol. The maximum Gasteiger partial charge on any atom is 0.300 e. The Hall–Kier alpha value is -6.22. The lowest BCUT2D eigenvalue weighted by molar-refractivity contribution is -0.134. The zero-order valence-electron chi connectivity index (χ0n) is 49.8. The molecule has 0 amide bonds. The third-order valence-electron chi connectivity index (χ3n) is 16.0. The van der Waals surface area contributed by atoms with Crippen molar-refractivity contribution in [3.8, 4) is 0 Å². The Labute approximate surface area is 513 Å². The van der Waals surface area contributed by atoms with Crippen molar-refractivity contribution in [3.63, 3.8) is 0 Å². The van der Waals surface area contributed by atoms with Gasteiger partial charge in [0.2, 0.25) is 15.9 Å². The van der Waals surface area contributed by atoms with Crippen molar-refractivity contribution < 1.29 is 14.7 Å². The normalized spacial score (nSPS) is 15.6. The number of nitrogens with zero attached hydrogens (tertiary/aromatic N) is 4. The Morgan fingerprint density at radius 2 is 1.05 bits per heavy atom. The van der Waals surface area contributed by atoms with Gasteiger partial charge in [-0.3, -0.25) is 35.4 Å². The number of nitrogens with two attached hydrogens (primary N) is 1. The summed E-state index contributed by atoms with van der Waals surface area (Å²) in [4.78, 5) is 37.7. The van der Waals surface area contributed by atoms with Gasteiger partial charge in [-0.1, -0.05) is 83.2 Å². The molecule has 0 bridgehead atoms. The summed E-state index contributed by atoms with van der Waals surface area (Å²) in [5, 5.41) is 24.5. The van der Waals surface area contributed by atoms with Crippen molar-refractivity contribution in [1.82, 2.24) is 0 Å². The van der Waals surface area contributed by atoms with Crippen LogP contribution in [-0.2, 0) is 42.6 Å². The smallest absolute Gasteiger partial charge is 0.300 e. The lowest BCUT2D eigenvalue weighted by Crippen LogP contribution is -2.22. The number of hydrogen-bond acceptors (Lipinski definition) is 12. The number of fused-ring (bicyclic) bond motifs is 11. The molecule has 0 radical (unpaired) electrons. The van der Waals surface area contributed by atoms with Crippen LogP contribution in [0.25, 0.3) is 46.4 Å². The molecule has 9 aromatic rings. The Kier molecular flexibility index (Phi) is 20.9. The number of carboxylic acids is 1. The summed E-state index contributed by atoms with van der Waals surface area (Å²) in [5.41, 5.74) is 18.7. The fourth-order valence-corrected chi connectivity index (χ4v) is 13.7. The summed E-state index contributed by atoms with van der Waals surface area (Å²) < 4.78 is 6.74. The van der Waals surface area contributed by atoms with Gasteiger partial charge in [-0.05, 0) is 178 Å². The lowest BCUT2D eigenvalue weighted by atomic mass is 9.81. The third-order valence-corrected chi connectivity index (χ3v) is 20.4. The predicted octanol–water partition coefficient (Wildman–Crippen LogP) is 19.5. The maximum atomic E-state index is 10.1. The molecule has 5 aromatic carbocycles. The minimum Gasteiger partial charge on any atom is -0.481 e. The molecule has 0 fully saturated rings. The number of anilines is 1. The Balaban J connectivity index is 0.000000160.